The average molecular weight is 253 g/mol. The Morgan fingerprint density at radius 2 is 1.83 bits per heavy atom. The molecule has 0 aromatic rings. The number of likely N-dealkylation sites (N-methyl/N-ethyl adjacent to an activating group) is 1. The van der Waals surface area contributed by atoms with E-state index >= 15 is 0 Å². The number of piperidine rings is 1. The van der Waals surface area contributed by atoms with Crippen LogP contribution in [0.15, 0.2) is 0 Å². The van der Waals surface area contributed by atoms with E-state index in [1.54, 1.807) is 7.05 Å². The van der Waals surface area contributed by atoms with Crippen LogP contribution in [0.1, 0.15) is 51.4 Å². The van der Waals surface area contributed by atoms with Crippen molar-refractivity contribution in [2.75, 3.05) is 13.6 Å². The quantitative estimate of drug-likeness (QED) is 0.728. The van der Waals surface area contributed by atoms with Crippen LogP contribution in [0.2, 0.25) is 0 Å². The van der Waals surface area contributed by atoms with Gasteiger partial charge in [0.2, 0.25) is 5.91 Å². The summed E-state index contributed by atoms with van der Waals surface area (Å²) in [6, 6.07) is 0.714. The molecular formula is C14H27N3O. The largest absolute Gasteiger partial charge is 0.358 e. The SMILES string of the molecule is CNC(=O)C1CCCCN1C1CCCCCC1N. The Bertz CT molecular complexity index is 282. The normalized spacial score (nSPS) is 34.9. The van der Waals surface area contributed by atoms with Crippen molar-refractivity contribution in [2.45, 2.75) is 69.5 Å². The van der Waals surface area contributed by atoms with E-state index in [1.807, 2.05) is 0 Å². The summed E-state index contributed by atoms with van der Waals surface area (Å²) in [5.74, 6) is 0.172. The van der Waals surface area contributed by atoms with E-state index in [0.29, 0.717) is 6.04 Å². The molecule has 0 radical (unpaired) electrons. The predicted octanol–water partition coefficient (Wildman–Crippen LogP) is 1.25. The summed E-state index contributed by atoms with van der Waals surface area (Å²) in [4.78, 5) is 14.4. The van der Waals surface area contributed by atoms with Crippen molar-refractivity contribution in [3.8, 4) is 0 Å². The van der Waals surface area contributed by atoms with Gasteiger partial charge in [0, 0.05) is 19.1 Å². The first-order valence-corrected chi connectivity index (χ1v) is 7.47. The van der Waals surface area contributed by atoms with Gasteiger partial charge in [0.25, 0.3) is 0 Å². The number of nitrogens with two attached hydrogens (primary N) is 1. The lowest BCUT2D eigenvalue weighted by Crippen LogP contribution is -2.57. The summed E-state index contributed by atoms with van der Waals surface area (Å²) < 4.78 is 0. The van der Waals surface area contributed by atoms with E-state index in [1.165, 1.54) is 25.7 Å². The maximum Gasteiger partial charge on any atom is 0.237 e. The molecule has 1 saturated carbocycles. The van der Waals surface area contributed by atoms with Gasteiger partial charge in [-0.15, -0.1) is 0 Å². The molecule has 3 N–H and O–H groups in total. The van der Waals surface area contributed by atoms with Crippen LogP contribution in [0.25, 0.3) is 0 Å². The first-order valence-electron chi connectivity index (χ1n) is 7.47. The lowest BCUT2D eigenvalue weighted by molar-refractivity contribution is -0.128. The minimum Gasteiger partial charge on any atom is -0.358 e. The molecule has 104 valence electrons. The summed E-state index contributed by atoms with van der Waals surface area (Å²) in [6.07, 6.45) is 9.43. The van der Waals surface area contributed by atoms with Gasteiger partial charge in [0.05, 0.1) is 6.04 Å². The fourth-order valence-electron chi connectivity index (χ4n) is 3.53. The second kappa shape index (κ2) is 6.53. The molecule has 18 heavy (non-hydrogen) atoms. The molecule has 0 aromatic heterocycles. The molecule has 1 aliphatic heterocycles. The Kier molecular flexibility index (Phi) is 5.01. The summed E-state index contributed by atoms with van der Waals surface area (Å²) in [7, 11) is 1.74. The van der Waals surface area contributed by atoms with Crippen LogP contribution in [0.5, 0.6) is 0 Å². The second-order valence-corrected chi connectivity index (χ2v) is 5.73. The molecule has 1 amide bonds. The van der Waals surface area contributed by atoms with Crippen LogP contribution < -0.4 is 11.1 Å². The number of rotatable bonds is 2. The Balaban J connectivity index is 2.08. The lowest BCUT2D eigenvalue weighted by Gasteiger charge is -2.42. The van der Waals surface area contributed by atoms with E-state index in [2.05, 4.69) is 10.2 Å². The maximum atomic E-state index is 12.0. The van der Waals surface area contributed by atoms with E-state index in [9.17, 15) is 4.79 Å². The molecule has 3 atom stereocenters. The number of hydrogen-bond acceptors (Lipinski definition) is 3. The molecule has 4 heteroatoms. The van der Waals surface area contributed by atoms with Crippen molar-refractivity contribution in [1.82, 2.24) is 10.2 Å². The molecule has 1 aliphatic carbocycles. The Morgan fingerprint density at radius 1 is 1.11 bits per heavy atom. The number of carbonyl (C=O) groups excluding carboxylic acids is 1. The zero-order valence-corrected chi connectivity index (χ0v) is 11.5. The standard InChI is InChI=1S/C14H27N3O/c1-16-14(18)13-9-5-6-10-17(13)12-8-4-2-3-7-11(12)15/h11-13H,2-10,15H2,1H3,(H,16,18). The summed E-state index contributed by atoms with van der Waals surface area (Å²) in [5.41, 5.74) is 6.34. The van der Waals surface area contributed by atoms with Crippen molar-refractivity contribution < 1.29 is 4.79 Å². The summed E-state index contributed by atoms with van der Waals surface area (Å²) >= 11 is 0. The van der Waals surface area contributed by atoms with Gasteiger partial charge in [-0.1, -0.05) is 25.7 Å². The highest BCUT2D eigenvalue weighted by atomic mass is 16.2. The van der Waals surface area contributed by atoms with Gasteiger partial charge in [-0.2, -0.15) is 0 Å². The Hall–Kier alpha value is -0.610. The highest BCUT2D eigenvalue weighted by molar-refractivity contribution is 5.81. The van der Waals surface area contributed by atoms with Gasteiger partial charge in [-0.3, -0.25) is 9.69 Å². The van der Waals surface area contributed by atoms with E-state index in [0.717, 1.165) is 32.2 Å². The molecule has 2 aliphatic rings. The summed E-state index contributed by atoms with van der Waals surface area (Å²) in [6.45, 7) is 1.04. The second-order valence-electron chi connectivity index (χ2n) is 5.73. The van der Waals surface area contributed by atoms with Crippen molar-refractivity contribution in [3.05, 3.63) is 0 Å². The zero-order chi connectivity index (χ0) is 13.0. The van der Waals surface area contributed by atoms with Crippen LogP contribution in [0.3, 0.4) is 0 Å². The number of hydrogen-bond donors (Lipinski definition) is 2. The molecule has 0 aromatic carbocycles. The maximum absolute atomic E-state index is 12.0. The van der Waals surface area contributed by atoms with Crippen molar-refractivity contribution in [2.24, 2.45) is 5.73 Å². The van der Waals surface area contributed by atoms with Crippen LogP contribution in [-0.4, -0.2) is 42.5 Å². The molecule has 3 unspecified atom stereocenters. The molecule has 1 saturated heterocycles. The molecule has 0 spiro atoms. The molecule has 4 nitrogen and oxygen atoms in total. The Morgan fingerprint density at radius 3 is 2.61 bits per heavy atom. The first kappa shape index (κ1) is 13.8. The Labute approximate surface area is 110 Å². The van der Waals surface area contributed by atoms with Crippen molar-refractivity contribution in [1.29, 1.82) is 0 Å². The molecule has 0 bridgehead atoms. The van der Waals surface area contributed by atoms with Crippen LogP contribution in [0.4, 0.5) is 0 Å². The predicted molar refractivity (Wildman–Crippen MR) is 73.3 cm³/mol. The fourth-order valence-corrected chi connectivity index (χ4v) is 3.53. The van der Waals surface area contributed by atoms with Gasteiger partial charge in [0.15, 0.2) is 0 Å². The third-order valence-corrected chi connectivity index (χ3v) is 4.55. The van der Waals surface area contributed by atoms with E-state index < -0.39 is 0 Å². The molecule has 2 rings (SSSR count). The third-order valence-electron chi connectivity index (χ3n) is 4.55. The van der Waals surface area contributed by atoms with Crippen molar-refractivity contribution >= 4 is 5.91 Å². The van der Waals surface area contributed by atoms with Gasteiger partial charge in [-0.25, -0.2) is 0 Å². The lowest BCUT2D eigenvalue weighted by atomic mass is 9.94. The highest BCUT2D eigenvalue weighted by Gasteiger charge is 2.35. The smallest absolute Gasteiger partial charge is 0.237 e. The number of nitrogens with zero attached hydrogens (tertiary/aromatic N) is 1. The number of carbonyl (C=O) groups is 1. The van der Waals surface area contributed by atoms with Gasteiger partial charge in [-0.05, 0) is 32.2 Å². The zero-order valence-electron chi connectivity index (χ0n) is 11.5. The van der Waals surface area contributed by atoms with Crippen LogP contribution in [-0.2, 0) is 4.79 Å². The number of amides is 1. The molecule has 1 heterocycles. The number of likely N-dealkylation sites (tertiary alicyclic amines) is 1. The molecular weight excluding hydrogens is 226 g/mol. The average Bonchev–Trinajstić information content (AvgIpc) is 2.62. The van der Waals surface area contributed by atoms with Crippen LogP contribution >= 0.6 is 0 Å². The summed E-state index contributed by atoms with van der Waals surface area (Å²) in [5, 5.41) is 2.81. The highest BCUT2D eigenvalue weighted by Crippen LogP contribution is 2.27. The van der Waals surface area contributed by atoms with Gasteiger partial charge >= 0.3 is 0 Å². The minimum absolute atomic E-state index is 0.0536. The van der Waals surface area contributed by atoms with E-state index in [4.69, 9.17) is 5.73 Å². The third kappa shape index (κ3) is 3.04. The van der Waals surface area contributed by atoms with Crippen molar-refractivity contribution in [3.63, 3.8) is 0 Å². The van der Waals surface area contributed by atoms with Gasteiger partial charge in [0.1, 0.15) is 0 Å². The topological polar surface area (TPSA) is 58.4 Å². The monoisotopic (exact) mass is 253 g/mol. The van der Waals surface area contributed by atoms with Gasteiger partial charge < -0.3 is 11.1 Å². The van der Waals surface area contributed by atoms with E-state index in [-0.39, 0.29) is 18.0 Å². The number of nitrogens with one attached hydrogen (secondary N) is 1. The molecule has 2 fully saturated rings. The minimum atomic E-state index is 0.0536. The van der Waals surface area contributed by atoms with Crippen LogP contribution in [0, 0.1) is 0 Å². The fraction of sp³-hybridized carbons (Fsp3) is 0.929. The first-order chi connectivity index (χ1) is 8.74.